The zero-order chi connectivity index (χ0) is 19.5. The van der Waals surface area contributed by atoms with Gasteiger partial charge in [0, 0.05) is 12.5 Å². The van der Waals surface area contributed by atoms with Crippen molar-refractivity contribution in [2.24, 2.45) is 5.92 Å². The van der Waals surface area contributed by atoms with Crippen molar-refractivity contribution in [1.29, 1.82) is 0 Å². The smallest absolute Gasteiger partial charge is 0.355 e. The summed E-state index contributed by atoms with van der Waals surface area (Å²) in [5, 5.41) is 10.3. The molecule has 1 N–H and O–H groups in total. The second-order valence-electron chi connectivity index (χ2n) is 7.22. The first-order valence-corrected chi connectivity index (χ1v) is 11.0. The number of hydrogen-bond acceptors (Lipinski definition) is 5. The Kier molecular flexibility index (Phi) is 6.04. The van der Waals surface area contributed by atoms with Crippen LogP contribution >= 0.6 is 27.3 Å². The molecule has 5 nitrogen and oxygen atoms in total. The van der Waals surface area contributed by atoms with Crippen LogP contribution in [-0.4, -0.2) is 27.7 Å². The number of benzene rings is 1. The Hall–Kier alpha value is -1.83. The molecule has 3 aromatic rings. The van der Waals surface area contributed by atoms with Gasteiger partial charge >= 0.3 is 5.97 Å². The molecule has 0 amide bonds. The summed E-state index contributed by atoms with van der Waals surface area (Å²) in [6.45, 7) is 1.48. The van der Waals surface area contributed by atoms with E-state index >= 15 is 0 Å². The Morgan fingerprint density at radius 2 is 1.93 bits per heavy atom. The summed E-state index contributed by atoms with van der Waals surface area (Å²) in [6, 6.07) is 12.1. The first-order valence-electron chi connectivity index (χ1n) is 9.42. The molecule has 2 heterocycles. The minimum atomic E-state index is -1.04. The van der Waals surface area contributed by atoms with E-state index in [0.717, 1.165) is 42.0 Å². The number of carbonyl (C=O) groups is 1. The third-order valence-corrected chi connectivity index (χ3v) is 6.98. The number of fused-ring (bicyclic) bond motifs is 1. The highest BCUT2D eigenvalue weighted by molar-refractivity contribution is 9.10. The number of rotatable bonds is 6. The van der Waals surface area contributed by atoms with Crippen LogP contribution in [0.4, 0.5) is 0 Å². The second-order valence-corrected chi connectivity index (χ2v) is 9.13. The highest BCUT2D eigenvalue weighted by atomic mass is 79.9. The van der Waals surface area contributed by atoms with Crippen LogP contribution in [0.1, 0.15) is 52.7 Å². The van der Waals surface area contributed by atoms with Crippen molar-refractivity contribution < 1.29 is 14.6 Å². The molecule has 0 spiro atoms. The molecular formula is C21H21BrN2O3S. The van der Waals surface area contributed by atoms with E-state index in [9.17, 15) is 9.90 Å². The van der Waals surface area contributed by atoms with E-state index in [-0.39, 0.29) is 5.69 Å². The lowest BCUT2D eigenvalue weighted by Gasteiger charge is -2.27. The minimum absolute atomic E-state index is 0.0172. The van der Waals surface area contributed by atoms with Crippen LogP contribution < -0.4 is 0 Å². The molecule has 1 aliphatic rings. The number of carboxylic acids is 1. The summed E-state index contributed by atoms with van der Waals surface area (Å²) < 4.78 is 7.35. The van der Waals surface area contributed by atoms with Gasteiger partial charge in [-0.3, -0.25) is 0 Å². The highest BCUT2D eigenvalue weighted by Crippen LogP contribution is 2.39. The lowest BCUT2D eigenvalue weighted by molar-refractivity contribution is 0.0689. The van der Waals surface area contributed by atoms with Crippen molar-refractivity contribution in [3.63, 3.8) is 0 Å². The Bertz CT molecular complexity index is 968. The van der Waals surface area contributed by atoms with Gasteiger partial charge < -0.3 is 9.84 Å². The maximum Gasteiger partial charge on any atom is 0.355 e. The number of hydrogen-bond donors (Lipinski definition) is 1. The molecule has 0 bridgehead atoms. The van der Waals surface area contributed by atoms with Gasteiger partial charge in [0.1, 0.15) is 0 Å². The van der Waals surface area contributed by atoms with Crippen molar-refractivity contribution in [1.82, 2.24) is 9.97 Å². The predicted molar refractivity (Wildman–Crippen MR) is 113 cm³/mol. The van der Waals surface area contributed by atoms with E-state index in [1.54, 1.807) is 11.3 Å². The molecule has 0 radical (unpaired) electrons. The van der Waals surface area contributed by atoms with Crippen LogP contribution in [0, 0.1) is 5.92 Å². The zero-order valence-corrected chi connectivity index (χ0v) is 17.7. The molecule has 146 valence electrons. The van der Waals surface area contributed by atoms with Crippen molar-refractivity contribution in [3.8, 4) is 0 Å². The number of thiazole rings is 1. The lowest BCUT2D eigenvalue weighted by atomic mass is 9.83. The Balaban J connectivity index is 1.34. The normalized spacial score (nSPS) is 19.8. The Morgan fingerprint density at radius 3 is 2.64 bits per heavy atom. The van der Waals surface area contributed by atoms with Gasteiger partial charge in [-0.25, -0.2) is 14.8 Å². The van der Waals surface area contributed by atoms with E-state index in [0.29, 0.717) is 28.6 Å². The summed E-state index contributed by atoms with van der Waals surface area (Å²) in [5.41, 5.74) is 1.77. The summed E-state index contributed by atoms with van der Waals surface area (Å²) >= 11 is 4.92. The average molecular weight is 461 g/mol. The van der Waals surface area contributed by atoms with Gasteiger partial charge in [0.15, 0.2) is 11.3 Å². The molecule has 7 heteroatoms. The van der Waals surface area contributed by atoms with Gasteiger partial charge in [-0.15, -0.1) is 11.3 Å². The molecule has 2 aromatic heterocycles. The van der Waals surface area contributed by atoms with Gasteiger partial charge in [0.25, 0.3) is 0 Å². The zero-order valence-electron chi connectivity index (χ0n) is 15.3. The van der Waals surface area contributed by atoms with Gasteiger partial charge in [-0.05, 0) is 59.2 Å². The minimum Gasteiger partial charge on any atom is -0.476 e. The predicted octanol–water partition coefficient (Wildman–Crippen LogP) is 5.64. The molecule has 1 fully saturated rings. The molecule has 0 aliphatic heterocycles. The van der Waals surface area contributed by atoms with E-state index in [4.69, 9.17) is 4.74 Å². The number of nitrogens with zero attached hydrogens (tertiary/aromatic N) is 2. The number of carboxylic acid groups (broad SMARTS) is 1. The summed E-state index contributed by atoms with van der Waals surface area (Å²) in [4.78, 5) is 20.1. The van der Waals surface area contributed by atoms with E-state index in [2.05, 4.69) is 38.0 Å². The monoisotopic (exact) mass is 460 g/mol. The number of aromatic carboxylic acids is 1. The first kappa shape index (κ1) is 19.5. The average Bonchev–Trinajstić information content (AvgIpc) is 3.11. The van der Waals surface area contributed by atoms with Crippen molar-refractivity contribution >= 4 is 43.6 Å². The van der Waals surface area contributed by atoms with Crippen LogP contribution in [0.5, 0.6) is 0 Å². The fourth-order valence-corrected chi connectivity index (χ4v) is 5.43. The molecule has 1 saturated carbocycles. The van der Waals surface area contributed by atoms with Crippen molar-refractivity contribution in [2.45, 2.75) is 38.2 Å². The maximum absolute atomic E-state index is 11.3. The summed E-state index contributed by atoms with van der Waals surface area (Å²) in [5.74, 6) is -0.0174. The first-order chi connectivity index (χ1) is 13.6. The molecule has 0 unspecified atom stereocenters. The molecule has 1 aliphatic carbocycles. The van der Waals surface area contributed by atoms with Crippen molar-refractivity contribution in [3.05, 3.63) is 57.1 Å². The third-order valence-electron chi connectivity index (χ3n) is 5.22. The Morgan fingerprint density at radius 1 is 1.18 bits per heavy atom. The fraction of sp³-hybridized carbons (Fsp3) is 0.381. The van der Waals surface area contributed by atoms with Gasteiger partial charge in [-0.1, -0.05) is 30.3 Å². The SMILES string of the molecule is O=C(O)c1nc2nc(C3CCC(COCc4ccccc4)CC3)sc2cc1Br. The van der Waals surface area contributed by atoms with E-state index in [1.165, 1.54) is 5.56 Å². The van der Waals surface area contributed by atoms with Crippen LogP contribution in [0.25, 0.3) is 10.3 Å². The van der Waals surface area contributed by atoms with Crippen LogP contribution in [-0.2, 0) is 11.3 Å². The summed E-state index contributed by atoms with van der Waals surface area (Å²) in [6.07, 6.45) is 4.44. The van der Waals surface area contributed by atoms with Gasteiger partial charge in [-0.2, -0.15) is 0 Å². The standard InChI is InChI=1S/C21H21BrN2O3S/c22-16-10-17-19(23-18(16)21(25)26)24-20(28-17)15-8-6-14(7-9-15)12-27-11-13-4-2-1-3-5-13/h1-5,10,14-15H,6-9,11-12H2,(H,25,26). The topological polar surface area (TPSA) is 72.3 Å². The second kappa shape index (κ2) is 8.68. The van der Waals surface area contributed by atoms with E-state index in [1.807, 2.05) is 24.3 Å². The van der Waals surface area contributed by atoms with Crippen molar-refractivity contribution in [2.75, 3.05) is 6.61 Å². The largest absolute Gasteiger partial charge is 0.476 e. The number of pyridine rings is 1. The maximum atomic E-state index is 11.3. The number of halogens is 1. The van der Waals surface area contributed by atoms with Crippen LogP contribution in [0.2, 0.25) is 0 Å². The quantitative estimate of drug-likeness (QED) is 0.514. The van der Waals surface area contributed by atoms with Gasteiger partial charge in [0.2, 0.25) is 0 Å². The van der Waals surface area contributed by atoms with Gasteiger partial charge in [0.05, 0.1) is 20.8 Å². The number of aromatic nitrogens is 2. The molecule has 4 rings (SSSR count). The molecular weight excluding hydrogens is 440 g/mol. The van der Waals surface area contributed by atoms with E-state index < -0.39 is 5.97 Å². The third kappa shape index (κ3) is 4.42. The lowest BCUT2D eigenvalue weighted by Crippen LogP contribution is -2.17. The van der Waals surface area contributed by atoms with Crippen LogP contribution in [0.15, 0.2) is 40.9 Å². The summed E-state index contributed by atoms with van der Waals surface area (Å²) in [7, 11) is 0. The Labute approximate surface area is 175 Å². The molecule has 28 heavy (non-hydrogen) atoms. The number of ether oxygens (including phenoxy) is 1. The molecule has 1 aromatic carbocycles. The molecule has 0 atom stereocenters. The highest BCUT2D eigenvalue weighted by Gasteiger charge is 2.25. The van der Waals surface area contributed by atoms with Crippen LogP contribution in [0.3, 0.4) is 0 Å². The fourth-order valence-electron chi connectivity index (χ4n) is 3.68. The molecule has 0 saturated heterocycles.